The summed E-state index contributed by atoms with van der Waals surface area (Å²) in [5.74, 6) is 7.11. The number of hydrogen-bond acceptors (Lipinski definition) is 2. The molecular formula is C20H26N2. The van der Waals surface area contributed by atoms with Gasteiger partial charge in [0.05, 0.1) is 17.7 Å². The molecule has 0 N–H and O–H groups in total. The predicted molar refractivity (Wildman–Crippen MR) is 93.8 cm³/mol. The molecule has 2 nitrogen and oxygen atoms in total. The van der Waals surface area contributed by atoms with E-state index in [0.717, 1.165) is 24.1 Å². The standard InChI is InChI=1S/C20H26N2/c1-17(2)10-6-7-11-18-12-8-9-15-20(18)22-16-21-19-13-4-3-5-14-19/h8-9,12,15,17,19H,3-5,10-11,13-14H2,1-2H3. The van der Waals surface area contributed by atoms with Crippen LogP contribution in [0.1, 0.15) is 57.9 Å². The van der Waals surface area contributed by atoms with Gasteiger partial charge < -0.3 is 0 Å². The van der Waals surface area contributed by atoms with Crippen LogP contribution in [0.5, 0.6) is 0 Å². The molecule has 0 heterocycles. The Morgan fingerprint density at radius 3 is 2.64 bits per heavy atom. The average molecular weight is 294 g/mol. The van der Waals surface area contributed by atoms with Crippen molar-refractivity contribution in [3.8, 4) is 11.8 Å². The van der Waals surface area contributed by atoms with E-state index in [1.807, 2.05) is 18.2 Å². The van der Waals surface area contributed by atoms with Gasteiger partial charge in [-0.2, -0.15) is 4.99 Å². The zero-order valence-electron chi connectivity index (χ0n) is 13.8. The number of rotatable bonds is 4. The monoisotopic (exact) mass is 294 g/mol. The SMILES string of the molecule is CC(C)CC#CCc1ccccc1N=C=NC1CCCCC1. The number of benzene rings is 1. The van der Waals surface area contributed by atoms with Gasteiger partial charge in [-0.25, -0.2) is 4.99 Å². The second-order valence-corrected chi connectivity index (χ2v) is 6.39. The lowest BCUT2D eigenvalue weighted by molar-refractivity contribution is 0.444. The third-order valence-corrected chi connectivity index (χ3v) is 3.89. The number of hydrogen-bond donors (Lipinski definition) is 0. The number of para-hydroxylation sites is 1. The van der Waals surface area contributed by atoms with Gasteiger partial charge in [-0.15, -0.1) is 5.92 Å². The van der Waals surface area contributed by atoms with Gasteiger partial charge in [0.15, 0.2) is 0 Å². The first-order valence-corrected chi connectivity index (χ1v) is 8.45. The maximum Gasteiger partial charge on any atom is 0.0951 e. The fourth-order valence-electron chi connectivity index (χ4n) is 2.58. The second kappa shape index (κ2) is 9.23. The average Bonchev–Trinajstić information content (AvgIpc) is 2.54. The van der Waals surface area contributed by atoms with Gasteiger partial charge in [-0.05, 0) is 30.4 Å². The molecule has 1 saturated carbocycles. The van der Waals surface area contributed by atoms with Crippen LogP contribution in [0.15, 0.2) is 34.3 Å². The second-order valence-electron chi connectivity index (χ2n) is 6.39. The summed E-state index contributed by atoms with van der Waals surface area (Å²) in [4.78, 5) is 8.92. The minimum Gasteiger partial charge on any atom is -0.222 e. The maximum absolute atomic E-state index is 4.49. The summed E-state index contributed by atoms with van der Waals surface area (Å²) >= 11 is 0. The highest BCUT2D eigenvalue weighted by atomic mass is 14.8. The highest BCUT2D eigenvalue weighted by Gasteiger charge is 2.10. The van der Waals surface area contributed by atoms with Crippen LogP contribution < -0.4 is 0 Å². The fourth-order valence-corrected chi connectivity index (χ4v) is 2.58. The van der Waals surface area contributed by atoms with E-state index in [1.165, 1.54) is 32.1 Å². The topological polar surface area (TPSA) is 24.7 Å². The summed E-state index contributed by atoms with van der Waals surface area (Å²) < 4.78 is 0. The Morgan fingerprint density at radius 1 is 1.09 bits per heavy atom. The van der Waals surface area contributed by atoms with Crippen molar-refractivity contribution in [2.45, 2.75) is 64.8 Å². The van der Waals surface area contributed by atoms with Crippen LogP contribution in [0.3, 0.4) is 0 Å². The van der Waals surface area contributed by atoms with Crippen molar-refractivity contribution in [3.05, 3.63) is 29.8 Å². The summed E-state index contributed by atoms with van der Waals surface area (Å²) in [5, 5.41) is 0. The van der Waals surface area contributed by atoms with E-state index in [0.29, 0.717) is 12.0 Å². The molecule has 116 valence electrons. The van der Waals surface area contributed by atoms with Gasteiger partial charge in [-0.1, -0.05) is 57.2 Å². The smallest absolute Gasteiger partial charge is 0.0951 e. The van der Waals surface area contributed by atoms with Crippen molar-refractivity contribution in [2.24, 2.45) is 15.9 Å². The minimum absolute atomic E-state index is 0.426. The molecule has 1 fully saturated rings. The van der Waals surface area contributed by atoms with Gasteiger partial charge >= 0.3 is 0 Å². The first-order valence-electron chi connectivity index (χ1n) is 8.45. The van der Waals surface area contributed by atoms with Crippen LogP contribution in [0.4, 0.5) is 5.69 Å². The van der Waals surface area contributed by atoms with Crippen molar-refractivity contribution < 1.29 is 0 Å². The van der Waals surface area contributed by atoms with E-state index in [-0.39, 0.29) is 0 Å². The van der Waals surface area contributed by atoms with Crippen LogP contribution in [0.2, 0.25) is 0 Å². The highest BCUT2D eigenvalue weighted by molar-refractivity contribution is 5.56. The lowest BCUT2D eigenvalue weighted by Crippen LogP contribution is -2.08. The maximum atomic E-state index is 4.49. The molecule has 0 spiro atoms. The van der Waals surface area contributed by atoms with Gasteiger partial charge in [0, 0.05) is 12.8 Å². The van der Waals surface area contributed by atoms with E-state index in [2.05, 4.69) is 47.7 Å². The van der Waals surface area contributed by atoms with Gasteiger partial charge in [0.25, 0.3) is 0 Å². The molecule has 1 aromatic rings. The lowest BCUT2D eigenvalue weighted by Gasteiger charge is -2.15. The van der Waals surface area contributed by atoms with E-state index in [4.69, 9.17) is 0 Å². The third-order valence-electron chi connectivity index (χ3n) is 3.89. The van der Waals surface area contributed by atoms with Crippen molar-refractivity contribution >= 4 is 11.7 Å². The van der Waals surface area contributed by atoms with E-state index >= 15 is 0 Å². The number of nitrogens with zero attached hydrogens (tertiary/aromatic N) is 2. The summed E-state index contributed by atoms with van der Waals surface area (Å²) in [5.41, 5.74) is 2.10. The Labute approximate surface area is 134 Å². The summed E-state index contributed by atoms with van der Waals surface area (Å²) in [7, 11) is 0. The van der Waals surface area contributed by atoms with Crippen LogP contribution in [-0.2, 0) is 6.42 Å². The largest absolute Gasteiger partial charge is 0.222 e. The Balaban J connectivity index is 2.00. The Morgan fingerprint density at radius 2 is 1.86 bits per heavy atom. The summed E-state index contributed by atoms with van der Waals surface area (Å²) in [6.07, 6.45) is 8.00. The molecule has 0 amide bonds. The molecule has 0 aromatic heterocycles. The molecule has 0 unspecified atom stereocenters. The van der Waals surface area contributed by atoms with Gasteiger partial charge in [0.1, 0.15) is 0 Å². The zero-order chi connectivity index (χ0) is 15.6. The predicted octanol–water partition coefficient (Wildman–Crippen LogP) is 5.42. The van der Waals surface area contributed by atoms with E-state index < -0.39 is 0 Å². The molecule has 2 heteroatoms. The summed E-state index contributed by atoms with van der Waals surface area (Å²) in [6.45, 7) is 4.38. The Kier molecular flexibility index (Phi) is 6.94. The first kappa shape index (κ1) is 16.5. The Hall–Kier alpha value is -1.84. The molecular weight excluding hydrogens is 268 g/mol. The quantitative estimate of drug-likeness (QED) is 0.523. The molecule has 2 rings (SSSR count). The molecule has 0 bridgehead atoms. The van der Waals surface area contributed by atoms with Gasteiger partial charge in [-0.3, -0.25) is 0 Å². The van der Waals surface area contributed by atoms with E-state index in [1.54, 1.807) is 0 Å². The summed E-state index contributed by atoms with van der Waals surface area (Å²) in [6, 6.07) is 11.5. The number of aliphatic imine (C=N–C) groups is 2. The van der Waals surface area contributed by atoms with Crippen LogP contribution in [-0.4, -0.2) is 12.1 Å². The van der Waals surface area contributed by atoms with E-state index in [9.17, 15) is 0 Å². The first-order chi connectivity index (χ1) is 10.8. The Bertz CT molecular complexity index is 577. The van der Waals surface area contributed by atoms with Crippen molar-refractivity contribution in [3.63, 3.8) is 0 Å². The van der Waals surface area contributed by atoms with Gasteiger partial charge in [0.2, 0.25) is 0 Å². The minimum atomic E-state index is 0.426. The normalized spacial score (nSPS) is 14.9. The zero-order valence-corrected chi connectivity index (χ0v) is 13.8. The lowest BCUT2D eigenvalue weighted by atomic mass is 9.96. The molecule has 0 aliphatic heterocycles. The fraction of sp³-hybridized carbons (Fsp3) is 0.550. The molecule has 0 radical (unpaired) electrons. The highest BCUT2D eigenvalue weighted by Crippen LogP contribution is 2.21. The molecule has 1 aliphatic rings. The molecule has 1 aromatic carbocycles. The molecule has 1 aliphatic carbocycles. The van der Waals surface area contributed by atoms with Crippen LogP contribution in [0.25, 0.3) is 0 Å². The van der Waals surface area contributed by atoms with Crippen molar-refractivity contribution in [1.29, 1.82) is 0 Å². The molecule has 0 saturated heterocycles. The molecule has 0 atom stereocenters. The van der Waals surface area contributed by atoms with Crippen LogP contribution >= 0.6 is 0 Å². The van der Waals surface area contributed by atoms with Crippen molar-refractivity contribution in [1.82, 2.24) is 0 Å². The third kappa shape index (κ3) is 5.88. The van der Waals surface area contributed by atoms with Crippen LogP contribution in [0, 0.1) is 17.8 Å². The van der Waals surface area contributed by atoms with Crippen molar-refractivity contribution in [2.75, 3.05) is 0 Å². The molecule has 22 heavy (non-hydrogen) atoms.